The number of thiocarbonyl (C=S) groups is 1. The van der Waals surface area contributed by atoms with Crippen molar-refractivity contribution < 1.29 is 0 Å². The number of piperazine rings is 1. The average molecular weight is 380 g/mol. The van der Waals surface area contributed by atoms with Crippen LogP contribution in [0, 0.1) is 6.92 Å². The zero-order valence-electron chi connectivity index (χ0n) is 13.4. The Bertz CT molecular complexity index is 726. The first kappa shape index (κ1) is 17.3. The maximum atomic E-state index is 6.07. The molecule has 24 heavy (non-hydrogen) atoms. The molecular formula is C18H19Cl2N3S. The maximum absolute atomic E-state index is 6.07. The Kier molecular flexibility index (Phi) is 5.49. The second-order valence-electron chi connectivity index (χ2n) is 5.84. The number of rotatable bonds is 2. The van der Waals surface area contributed by atoms with E-state index in [9.17, 15) is 0 Å². The third-order valence-corrected chi connectivity index (χ3v) is 5.05. The summed E-state index contributed by atoms with van der Waals surface area (Å²) in [4.78, 5) is 4.54. The first-order valence-electron chi connectivity index (χ1n) is 7.85. The summed E-state index contributed by atoms with van der Waals surface area (Å²) in [5.74, 6) is 0. The maximum Gasteiger partial charge on any atom is 0.173 e. The van der Waals surface area contributed by atoms with Crippen LogP contribution in [-0.2, 0) is 0 Å². The predicted molar refractivity (Wildman–Crippen MR) is 108 cm³/mol. The molecule has 1 fully saturated rings. The average Bonchev–Trinajstić information content (AvgIpc) is 2.59. The molecule has 1 aliphatic heterocycles. The van der Waals surface area contributed by atoms with Crippen LogP contribution in [0.4, 0.5) is 11.4 Å². The van der Waals surface area contributed by atoms with Crippen molar-refractivity contribution in [2.45, 2.75) is 6.92 Å². The van der Waals surface area contributed by atoms with Gasteiger partial charge in [-0.15, -0.1) is 0 Å². The van der Waals surface area contributed by atoms with Gasteiger partial charge in [0.25, 0.3) is 0 Å². The zero-order chi connectivity index (χ0) is 17.1. The molecule has 1 heterocycles. The van der Waals surface area contributed by atoms with Crippen molar-refractivity contribution in [1.82, 2.24) is 4.90 Å². The molecule has 0 spiro atoms. The number of halogens is 2. The molecular weight excluding hydrogens is 361 g/mol. The molecule has 0 bridgehead atoms. The third kappa shape index (κ3) is 4.12. The van der Waals surface area contributed by atoms with Crippen molar-refractivity contribution >= 4 is 51.9 Å². The van der Waals surface area contributed by atoms with E-state index in [1.165, 1.54) is 5.69 Å². The summed E-state index contributed by atoms with van der Waals surface area (Å²) in [5, 5.41) is 5.54. The van der Waals surface area contributed by atoms with Crippen molar-refractivity contribution in [2.24, 2.45) is 0 Å². The molecule has 0 saturated carbocycles. The van der Waals surface area contributed by atoms with E-state index >= 15 is 0 Å². The van der Waals surface area contributed by atoms with Gasteiger partial charge in [0.2, 0.25) is 0 Å². The zero-order valence-corrected chi connectivity index (χ0v) is 15.8. The van der Waals surface area contributed by atoms with Gasteiger partial charge in [0.15, 0.2) is 5.11 Å². The van der Waals surface area contributed by atoms with Crippen LogP contribution in [0.15, 0.2) is 42.5 Å². The highest BCUT2D eigenvalue weighted by Gasteiger charge is 2.19. The second kappa shape index (κ2) is 7.60. The minimum absolute atomic E-state index is 0.707. The Morgan fingerprint density at radius 2 is 1.58 bits per heavy atom. The minimum atomic E-state index is 0.707. The number of anilines is 2. The van der Waals surface area contributed by atoms with Gasteiger partial charge in [-0.05, 0) is 61.1 Å². The van der Waals surface area contributed by atoms with E-state index in [0.29, 0.717) is 5.02 Å². The van der Waals surface area contributed by atoms with Gasteiger partial charge in [0.1, 0.15) is 0 Å². The Balaban J connectivity index is 1.59. The van der Waals surface area contributed by atoms with E-state index in [1.54, 1.807) is 0 Å². The largest absolute Gasteiger partial charge is 0.368 e. The van der Waals surface area contributed by atoms with Crippen LogP contribution >= 0.6 is 35.4 Å². The Morgan fingerprint density at radius 1 is 0.958 bits per heavy atom. The molecule has 0 atom stereocenters. The second-order valence-corrected chi connectivity index (χ2v) is 7.10. The fourth-order valence-corrected chi connectivity index (χ4v) is 3.33. The summed E-state index contributed by atoms with van der Waals surface area (Å²) in [6.07, 6.45) is 0. The summed E-state index contributed by atoms with van der Waals surface area (Å²) in [5.41, 5.74) is 3.29. The highest BCUT2D eigenvalue weighted by Crippen LogP contribution is 2.22. The lowest BCUT2D eigenvalue weighted by atomic mass is 10.2. The van der Waals surface area contributed by atoms with Crippen LogP contribution in [0.3, 0.4) is 0 Å². The first-order chi connectivity index (χ1) is 11.5. The standard InChI is InChI=1S/C18H19Cl2N3S/c1-13-2-3-15(20)12-17(13)21-18(24)23-10-8-22(9-11-23)16-6-4-14(19)5-7-16/h2-7,12H,8-11H2,1H3,(H,21,24). The SMILES string of the molecule is Cc1ccc(Cl)cc1NC(=S)N1CCN(c2ccc(Cl)cc2)CC1. The normalized spacial score (nSPS) is 14.6. The number of hydrogen-bond donors (Lipinski definition) is 1. The summed E-state index contributed by atoms with van der Waals surface area (Å²) >= 11 is 17.6. The van der Waals surface area contributed by atoms with E-state index in [0.717, 1.165) is 47.6 Å². The molecule has 1 aliphatic rings. The molecule has 126 valence electrons. The fourth-order valence-electron chi connectivity index (χ4n) is 2.74. The molecule has 2 aromatic rings. The van der Waals surface area contributed by atoms with Crippen molar-refractivity contribution in [2.75, 3.05) is 36.4 Å². The van der Waals surface area contributed by atoms with Gasteiger partial charge in [-0.2, -0.15) is 0 Å². The minimum Gasteiger partial charge on any atom is -0.368 e. The highest BCUT2D eigenvalue weighted by atomic mass is 35.5. The van der Waals surface area contributed by atoms with Crippen molar-refractivity contribution in [3.05, 3.63) is 58.1 Å². The molecule has 3 nitrogen and oxygen atoms in total. The predicted octanol–water partition coefficient (Wildman–Crippen LogP) is 4.82. The molecule has 0 aromatic heterocycles. The van der Waals surface area contributed by atoms with Crippen molar-refractivity contribution in [3.8, 4) is 0 Å². The van der Waals surface area contributed by atoms with Gasteiger partial charge in [0, 0.05) is 47.6 Å². The van der Waals surface area contributed by atoms with Gasteiger partial charge in [-0.3, -0.25) is 0 Å². The molecule has 0 amide bonds. The van der Waals surface area contributed by atoms with Crippen LogP contribution < -0.4 is 10.2 Å². The number of aryl methyl sites for hydroxylation is 1. The quantitative estimate of drug-likeness (QED) is 0.753. The summed E-state index contributed by atoms with van der Waals surface area (Å²) in [7, 11) is 0. The Hall–Kier alpha value is -1.49. The van der Waals surface area contributed by atoms with Gasteiger partial charge in [-0.25, -0.2) is 0 Å². The topological polar surface area (TPSA) is 18.5 Å². The van der Waals surface area contributed by atoms with Crippen molar-refractivity contribution in [1.29, 1.82) is 0 Å². The lowest BCUT2D eigenvalue weighted by molar-refractivity contribution is 0.391. The van der Waals surface area contributed by atoms with Gasteiger partial charge in [-0.1, -0.05) is 29.3 Å². The van der Waals surface area contributed by atoms with Gasteiger partial charge >= 0.3 is 0 Å². The number of hydrogen-bond acceptors (Lipinski definition) is 2. The Labute approximate surface area is 158 Å². The van der Waals surface area contributed by atoms with Crippen LogP contribution in [0.2, 0.25) is 10.0 Å². The van der Waals surface area contributed by atoms with E-state index < -0.39 is 0 Å². The number of nitrogens with zero attached hydrogens (tertiary/aromatic N) is 2. The van der Waals surface area contributed by atoms with Gasteiger partial charge in [0.05, 0.1) is 0 Å². The first-order valence-corrected chi connectivity index (χ1v) is 9.02. The lowest BCUT2D eigenvalue weighted by Crippen LogP contribution is -2.50. The molecule has 2 aromatic carbocycles. The smallest absolute Gasteiger partial charge is 0.173 e. The van der Waals surface area contributed by atoms with E-state index in [2.05, 4.69) is 27.2 Å². The molecule has 0 unspecified atom stereocenters. The number of benzene rings is 2. The summed E-state index contributed by atoms with van der Waals surface area (Å²) in [6.45, 7) is 5.66. The van der Waals surface area contributed by atoms with Crippen LogP contribution in [0.1, 0.15) is 5.56 Å². The molecule has 0 aliphatic carbocycles. The van der Waals surface area contributed by atoms with Crippen molar-refractivity contribution in [3.63, 3.8) is 0 Å². The lowest BCUT2D eigenvalue weighted by Gasteiger charge is -2.37. The van der Waals surface area contributed by atoms with Crippen LogP contribution in [-0.4, -0.2) is 36.2 Å². The van der Waals surface area contributed by atoms with E-state index in [1.807, 2.05) is 37.3 Å². The third-order valence-electron chi connectivity index (χ3n) is 4.20. The molecule has 6 heteroatoms. The fraction of sp³-hybridized carbons (Fsp3) is 0.278. The number of nitrogens with one attached hydrogen (secondary N) is 1. The van der Waals surface area contributed by atoms with Crippen LogP contribution in [0.5, 0.6) is 0 Å². The summed E-state index contributed by atoms with van der Waals surface area (Å²) in [6, 6.07) is 13.8. The molecule has 3 rings (SSSR count). The molecule has 0 radical (unpaired) electrons. The molecule has 1 N–H and O–H groups in total. The van der Waals surface area contributed by atoms with E-state index in [4.69, 9.17) is 35.4 Å². The summed E-state index contributed by atoms with van der Waals surface area (Å²) < 4.78 is 0. The van der Waals surface area contributed by atoms with E-state index in [-0.39, 0.29) is 0 Å². The molecule has 1 saturated heterocycles. The highest BCUT2D eigenvalue weighted by molar-refractivity contribution is 7.80. The van der Waals surface area contributed by atoms with Gasteiger partial charge < -0.3 is 15.1 Å². The van der Waals surface area contributed by atoms with Crippen LogP contribution in [0.25, 0.3) is 0 Å². The Morgan fingerprint density at radius 3 is 2.25 bits per heavy atom. The monoisotopic (exact) mass is 379 g/mol.